The molecule has 1 heterocycles. The van der Waals surface area contributed by atoms with E-state index in [1.807, 2.05) is 0 Å². The van der Waals surface area contributed by atoms with Gasteiger partial charge in [-0.15, -0.1) is 11.3 Å². The summed E-state index contributed by atoms with van der Waals surface area (Å²) >= 11 is 13.6. The predicted octanol–water partition coefficient (Wildman–Crippen LogP) is 4.00. The Morgan fingerprint density at radius 1 is 1.04 bits per heavy atom. The summed E-state index contributed by atoms with van der Waals surface area (Å²) in [5, 5.41) is 10.9. The van der Waals surface area contributed by atoms with E-state index in [-0.39, 0.29) is 21.2 Å². The van der Waals surface area contributed by atoms with Gasteiger partial charge in [0.15, 0.2) is 0 Å². The standard InChI is InChI=1S/C17H12Cl2N2O4S/c1-25-11-7-6-9-12(18)15(26-14(9)13(11)19)17(24)21-20-16(23)8-4-2-3-5-10(8)22/h2-7,22H,1H3,(H,20,23)(H,21,24). The molecule has 9 heteroatoms. The highest BCUT2D eigenvalue weighted by atomic mass is 35.5. The van der Waals surface area contributed by atoms with E-state index in [9.17, 15) is 14.7 Å². The number of carbonyl (C=O) groups is 2. The fourth-order valence-electron chi connectivity index (χ4n) is 2.29. The number of nitrogens with one attached hydrogen (secondary N) is 2. The van der Waals surface area contributed by atoms with Gasteiger partial charge >= 0.3 is 0 Å². The van der Waals surface area contributed by atoms with Crippen molar-refractivity contribution in [1.82, 2.24) is 10.9 Å². The molecule has 2 aromatic carbocycles. The second kappa shape index (κ2) is 7.41. The van der Waals surface area contributed by atoms with Crippen molar-refractivity contribution in [2.75, 3.05) is 7.11 Å². The summed E-state index contributed by atoms with van der Waals surface area (Å²) in [6.07, 6.45) is 0. The topological polar surface area (TPSA) is 87.7 Å². The molecule has 0 saturated heterocycles. The average Bonchev–Trinajstić information content (AvgIpc) is 2.98. The van der Waals surface area contributed by atoms with Crippen molar-refractivity contribution in [2.24, 2.45) is 0 Å². The van der Waals surface area contributed by atoms with Gasteiger partial charge in [-0.1, -0.05) is 35.3 Å². The number of benzene rings is 2. The molecule has 6 nitrogen and oxygen atoms in total. The fourth-order valence-corrected chi connectivity index (χ4v) is 4.08. The molecule has 3 N–H and O–H groups in total. The van der Waals surface area contributed by atoms with Crippen LogP contribution in [-0.4, -0.2) is 24.0 Å². The Kier molecular flexibility index (Phi) is 5.22. The van der Waals surface area contributed by atoms with Crippen LogP contribution in [0.3, 0.4) is 0 Å². The van der Waals surface area contributed by atoms with E-state index in [1.54, 1.807) is 24.3 Å². The Morgan fingerprint density at radius 3 is 2.42 bits per heavy atom. The second-order valence-electron chi connectivity index (χ2n) is 5.13. The number of ether oxygens (including phenoxy) is 1. The Hall–Kier alpha value is -2.48. The quantitative estimate of drug-likeness (QED) is 0.569. The SMILES string of the molecule is COc1ccc2c(Cl)c(C(=O)NNC(=O)c3ccccc3O)sc2c1Cl. The number of thiophene rings is 1. The van der Waals surface area contributed by atoms with E-state index >= 15 is 0 Å². The average molecular weight is 411 g/mol. The van der Waals surface area contributed by atoms with E-state index in [2.05, 4.69) is 10.9 Å². The van der Waals surface area contributed by atoms with E-state index < -0.39 is 11.8 Å². The lowest BCUT2D eigenvalue weighted by molar-refractivity contribution is 0.0847. The zero-order valence-corrected chi connectivity index (χ0v) is 15.6. The van der Waals surface area contributed by atoms with Gasteiger partial charge in [-0.05, 0) is 24.3 Å². The zero-order chi connectivity index (χ0) is 18.8. The molecule has 26 heavy (non-hydrogen) atoms. The van der Waals surface area contributed by atoms with Gasteiger partial charge in [0.25, 0.3) is 11.8 Å². The molecule has 0 aliphatic heterocycles. The molecule has 0 radical (unpaired) electrons. The van der Waals surface area contributed by atoms with Crippen molar-refractivity contribution in [3.05, 3.63) is 56.9 Å². The molecule has 2 amide bonds. The number of phenols is 1. The van der Waals surface area contributed by atoms with Crippen LogP contribution in [0.25, 0.3) is 10.1 Å². The number of amides is 2. The smallest absolute Gasteiger partial charge is 0.281 e. The Bertz CT molecular complexity index is 1020. The van der Waals surface area contributed by atoms with Crippen molar-refractivity contribution < 1.29 is 19.4 Å². The number of fused-ring (bicyclic) bond motifs is 1. The predicted molar refractivity (Wildman–Crippen MR) is 101 cm³/mol. The molecule has 3 aromatic rings. The molecule has 0 fully saturated rings. The first-order valence-electron chi connectivity index (χ1n) is 7.27. The maximum atomic E-state index is 12.4. The molecule has 0 aliphatic carbocycles. The monoisotopic (exact) mass is 410 g/mol. The van der Waals surface area contributed by atoms with Crippen molar-refractivity contribution in [3.8, 4) is 11.5 Å². The molecule has 134 valence electrons. The van der Waals surface area contributed by atoms with E-state index in [1.165, 1.54) is 19.2 Å². The summed E-state index contributed by atoms with van der Waals surface area (Å²) in [5.74, 6) is -0.988. The van der Waals surface area contributed by atoms with Gasteiger partial charge in [0.1, 0.15) is 21.4 Å². The van der Waals surface area contributed by atoms with Crippen LogP contribution in [0.4, 0.5) is 0 Å². The molecule has 3 rings (SSSR count). The van der Waals surface area contributed by atoms with Crippen molar-refractivity contribution in [3.63, 3.8) is 0 Å². The number of aromatic hydroxyl groups is 1. The minimum atomic E-state index is -0.659. The Morgan fingerprint density at radius 2 is 1.73 bits per heavy atom. The summed E-state index contributed by atoms with van der Waals surface area (Å²) in [4.78, 5) is 24.6. The van der Waals surface area contributed by atoms with Crippen LogP contribution in [0.5, 0.6) is 11.5 Å². The lowest BCUT2D eigenvalue weighted by Crippen LogP contribution is -2.41. The van der Waals surface area contributed by atoms with Crippen molar-refractivity contribution >= 4 is 56.4 Å². The van der Waals surface area contributed by atoms with E-state index in [0.717, 1.165) is 11.3 Å². The molecule has 0 bridgehead atoms. The van der Waals surface area contributed by atoms with Gasteiger partial charge in [0.2, 0.25) is 0 Å². The van der Waals surface area contributed by atoms with Crippen molar-refractivity contribution in [1.29, 1.82) is 0 Å². The summed E-state index contributed by atoms with van der Waals surface area (Å²) in [5.41, 5.74) is 4.55. The zero-order valence-electron chi connectivity index (χ0n) is 13.3. The lowest BCUT2D eigenvalue weighted by Gasteiger charge is -2.07. The van der Waals surface area contributed by atoms with E-state index in [4.69, 9.17) is 27.9 Å². The molecule has 0 aliphatic rings. The number of rotatable bonds is 3. The minimum Gasteiger partial charge on any atom is -0.507 e. The molecular formula is C17H12Cl2N2O4S. The number of hydrogen-bond acceptors (Lipinski definition) is 5. The van der Waals surface area contributed by atoms with Gasteiger partial charge in [-0.3, -0.25) is 20.4 Å². The highest BCUT2D eigenvalue weighted by molar-refractivity contribution is 7.22. The number of carbonyl (C=O) groups excluding carboxylic acids is 2. The molecule has 0 unspecified atom stereocenters. The third kappa shape index (κ3) is 3.29. The summed E-state index contributed by atoms with van der Waals surface area (Å²) in [6.45, 7) is 0. The molecule has 0 atom stereocenters. The van der Waals surface area contributed by atoms with E-state index in [0.29, 0.717) is 20.9 Å². The maximum Gasteiger partial charge on any atom is 0.281 e. The summed E-state index contributed by atoms with van der Waals surface area (Å²) in [6, 6.07) is 9.33. The first-order chi connectivity index (χ1) is 12.4. The number of methoxy groups -OCH3 is 1. The Balaban J connectivity index is 1.82. The first-order valence-corrected chi connectivity index (χ1v) is 8.84. The molecular weight excluding hydrogens is 399 g/mol. The molecule has 0 saturated carbocycles. The van der Waals surface area contributed by atoms with Gasteiger partial charge in [0.05, 0.1) is 22.4 Å². The number of hydrazine groups is 1. The van der Waals surface area contributed by atoms with Crippen LogP contribution in [0.1, 0.15) is 20.0 Å². The molecule has 1 aromatic heterocycles. The third-order valence-electron chi connectivity index (χ3n) is 3.57. The third-order valence-corrected chi connectivity index (χ3v) is 5.78. The lowest BCUT2D eigenvalue weighted by atomic mass is 10.2. The van der Waals surface area contributed by atoms with Crippen LogP contribution < -0.4 is 15.6 Å². The number of halogens is 2. The van der Waals surface area contributed by atoms with Crippen LogP contribution in [0.15, 0.2) is 36.4 Å². The van der Waals surface area contributed by atoms with Gasteiger partial charge in [0, 0.05) is 5.39 Å². The highest BCUT2D eigenvalue weighted by Crippen LogP contribution is 2.42. The largest absolute Gasteiger partial charge is 0.507 e. The number of phenolic OH excluding ortho intramolecular Hbond substituents is 1. The maximum absolute atomic E-state index is 12.4. The van der Waals surface area contributed by atoms with Crippen molar-refractivity contribution in [2.45, 2.75) is 0 Å². The Labute approximate surface area is 162 Å². The van der Waals surface area contributed by atoms with Crippen LogP contribution in [0, 0.1) is 0 Å². The highest BCUT2D eigenvalue weighted by Gasteiger charge is 2.21. The van der Waals surface area contributed by atoms with Gasteiger partial charge in [-0.25, -0.2) is 0 Å². The minimum absolute atomic E-state index is 0.0306. The number of para-hydroxylation sites is 1. The summed E-state index contributed by atoms with van der Waals surface area (Å²) < 4.78 is 5.76. The van der Waals surface area contributed by atoms with Crippen LogP contribution in [-0.2, 0) is 0 Å². The first kappa shape index (κ1) is 18.3. The van der Waals surface area contributed by atoms with Gasteiger partial charge in [-0.2, -0.15) is 0 Å². The van der Waals surface area contributed by atoms with Crippen LogP contribution >= 0.6 is 34.5 Å². The normalized spacial score (nSPS) is 10.6. The van der Waals surface area contributed by atoms with Crippen LogP contribution in [0.2, 0.25) is 10.0 Å². The number of hydrogen-bond donors (Lipinski definition) is 3. The molecule has 0 spiro atoms. The fraction of sp³-hybridized carbons (Fsp3) is 0.0588. The second-order valence-corrected chi connectivity index (χ2v) is 6.91. The summed E-state index contributed by atoms with van der Waals surface area (Å²) in [7, 11) is 1.49. The van der Waals surface area contributed by atoms with Gasteiger partial charge < -0.3 is 9.84 Å².